The van der Waals surface area contributed by atoms with Crippen LogP contribution in [0.15, 0.2) is 42.5 Å². The highest BCUT2D eigenvalue weighted by Crippen LogP contribution is 2.33. The third-order valence-corrected chi connectivity index (χ3v) is 6.89. The second kappa shape index (κ2) is 8.67. The Kier molecular flexibility index (Phi) is 5.59. The molecular formula is C24H30N5O2+. The molecular weight excluding hydrogens is 390 g/mol. The number of aromatic hydroxyl groups is 1. The first-order valence-corrected chi connectivity index (χ1v) is 11.3. The molecule has 2 aliphatic rings. The van der Waals surface area contributed by atoms with Crippen LogP contribution in [-0.4, -0.2) is 39.0 Å². The summed E-state index contributed by atoms with van der Waals surface area (Å²) >= 11 is 0. The second-order valence-electron chi connectivity index (χ2n) is 8.74. The molecule has 3 aromatic rings. The van der Waals surface area contributed by atoms with Gasteiger partial charge in [0.05, 0.1) is 19.7 Å². The van der Waals surface area contributed by atoms with Gasteiger partial charge in [0, 0.05) is 17.5 Å². The number of methoxy groups -OCH3 is 1. The highest BCUT2D eigenvalue weighted by Gasteiger charge is 2.36. The summed E-state index contributed by atoms with van der Waals surface area (Å²) in [7, 11) is 1.59. The van der Waals surface area contributed by atoms with E-state index in [2.05, 4.69) is 44.5 Å². The minimum Gasteiger partial charge on any atom is -0.504 e. The topological polar surface area (TPSA) is 77.5 Å². The summed E-state index contributed by atoms with van der Waals surface area (Å²) in [6.45, 7) is 1.92. The number of phenolic OH excluding ortho intramolecular Hbond substituents is 1. The predicted molar refractivity (Wildman–Crippen MR) is 116 cm³/mol. The molecule has 1 aliphatic heterocycles. The molecule has 2 atom stereocenters. The molecule has 2 heterocycles. The van der Waals surface area contributed by atoms with Crippen molar-refractivity contribution in [2.45, 2.75) is 57.2 Å². The number of hydrogen-bond donors (Lipinski definition) is 2. The van der Waals surface area contributed by atoms with Gasteiger partial charge in [0.15, 0.2) is 17.5 Å². The van der Waals surface area contributed by atoms with Crippen molar-refractivity contribution >= 4 is 0 Å². The molecule has 0 spiro atoms. The average Bonchev–Trinajstić information content (AvgIpc) is 3.30. The number of benzene rings is 2. The molecule has 7 nitrogen and oxygen atoms in total. The Morgan fingerprint density at radius 1 is 1.10 bits per heavy atom. The number of nitrogens with zero attached hydrogens (tertiary/aromatic N) is 4. The van der Waals surface area contributed by atoms with Gasteiger partial charge in [-0.2, -0.15) is 0 Å². The number of fused-ring (bicyclic) bond motifs is 1. The van der Waals surface area contributed by atoms with Gasteiger partial charge in [0.1, 0.15) is 6.54 Å². The van der Waals surface area contributed by atoms with Gasteiger partial charge in [-0.1, -0.05) is 43.5 Å². The van der Waals surface area contributed by atoms with E-state index >= 15 is 0 Å². The zero-order valence-electron chi connectivity index (χ0n) is 18.0. The van der Waals surface area contributed by atoms with Gasteiger partial charge in [-0.05, 0) is 47.0 Å². The van der Waals surface area contributed by atoms with Crippen molar-refractivity contribution in [2.75, 3.05) is 13.7 Å². The van der Waals surface area contributed by atoms with Crippen molar-refractivity contribution in [3.63, 3.8) is 0 Å². The standard InChI is InChI=1S/C24H29N5O2/c1-31-22-15-18(11-12-21(22)30)23(28-14-13-17-7-5-6-8-19(17)16-28)24-25-26-27-29(24)20-9-3-2-4-10-20/h5-8,11-12,15,20,23,30H,2-4,9-10,13-14,16H2,1H3/p+1/t23-/m1/s1. The van der Waals surface area contributed by atoms with Gasteiger partial charge in [-0.3, -0.25) is 0 Å². The maximum atomic E-state index is 10.2. The van der Waals surface area contributed by atoms with E-state index in [-0.39, 0.29) is 11.8 Å². The van der Waals surface area contributed by atoms with Crippen LogP contribution in [0.2, 0.25) is 0 Å². The fraction of sp³-hybridized carbons (Fsp3) is 0.458. The van der Waals surface area contributed by atoms with E-state index in [9.17, 15) is 5.11 Å². The number of nitrogens with one attached hydrogen (secondary N) is 1. The molecule has 1 unspecified atom stereocenters. The molecule has 7 heteroatoms. The van der Waals surface area contributed by atoms with Crippen molar-refractivity contribution < 1.29 is 14.7 Å². The minimum atomic E-state index is -0.0280. The van der Waals surface area contributed by atoms with E-state index in [1.54, 1.807) is 13.2 Å². The Morgan fingerprint density at radius 2 is 1.90 bits per heavy atom. The van der Waals surface area contributed by atoms with Gasteiger partial charge >= 0.3 is 0 Å². The molecule has 0 bridgehead atoms. The first kappa shape index (κ1) is 20.0. The van der Waals surface area contributed by atoms with E-state index < -0.39 is 0 Å². The average molecular weight is 421 g/mol. The number of aromatic nitrogens is 4. The lowest BCUT2D eigenvalue weighted by molar-refractivity contribution is -0.941. The summed E-state index contributed by atoms with van der Waals surface area (Å²) in [4.78, 5) is 1.42. The SMILES string of the molecule is COc1cc([C@H](c2nnnn2C2CCCCC2)[NH+]2CCc3ccccc3C2)ccc1O. The number of rotatable bonds is 5. The lowest BCUT2D eigenvalue weighted by Gasteiger charge is -2.33. The quantitative estimate of drug-likeness (QED) is 0.664. The van der Waals surface area contributed by atoms with Crippen LogP contribution in [0.3, 0.4) is 0 Å². The highest BCUT2D eigenvalue weighted by molar-refractivity contribution is 5.43. The molecule has 1 fully saturated rings. The number of tetrazole rings is 1. The van der Waals surface area contributed by atoms with Gasteiger partial charge < -0.3 is 14.7 Å². The number of quaternary nitrogens is 1. The number of phenols is 1. The Labute approximate surface area is 182 Å². The number of hydrogen-bond acceptors (Lipinski definition) is 5. The van der Waals surface area contributed by atoms with Crippen LogP contribution in [0.25, 0.3) is 0 Å². The predicted octanol–water partition coefficient (Wildman–Crippen LogP) is 2.62. The summed E-state index contributed by atoms with van der Waals surface area (Å²) in [6, 6.07) is 14.7. The van der Waals surface area contributed by atoms with Crippen LogP contribution < -0.4 is 9.64 Å². The van der Waals surface area contributed by atoms with Crippen LogP contribution in [-0.2, 0) is 13.0 Å². The molecule has 0 radical (unpaired) electrons. The lowest BCUT2D eigenvalue weighted by Crippen LogP contribution is -3.12. The zero-order chi connectivity index (χ0) is 21.2. The van der Waals surface area contributed by atoms with Crippen molar-refractivity contribution in [3.8, 4) is 11.5 Å². The van der Waals surface area contributed by atoms with Crippen molar-refractivity contribution in [2.24, 2.45) is 0 Å². The van der Waals surface area contributed by atoms with E-state index in [1.165, 1.54) is 35.3 Å². The monoisotopic (exact) mass is 420 g/mol. The molecule has 162 valence electrons. The molecule has 2 aromatic carbocycles. The number of ether oxygens (including phenoxy) is 1. The maximum absolute atomic E-state index is 10.2. The van der Waals surface area contributed by atoms with Crippen LogP contribution in [0.1, 0.15) is 66.7 Å². The van der Waals surface area contributed by atoms with Crippen LogP contribution in [0.5, 0.6) is 11.5 Å². The summed E-state index contributed by atoms with van der Waals surface area (Å²) < 4.78 is 7.51. The summed E-state index contributed by atoms with van der Waals surface area (Å²) in [5, 5.41) is 23.3. The maximum Gasteiger partial charge on any atom is 0.214 e. The normalized spacial score (nSPS) is 20.2. The van der Waals surface area contributed by atoms with Gasteiger partial charge in [-0.15, -0.1) is 5.10 Å². The van der Waals surface area contributed by atoms with Gasteiger partial charge in [-0.25, -0.2) is 4.68 Å². The van der Waals surface area contributed by atoms with Crippen molar-refractivity contribution in [3.05, 3.63) is 65.0 Å². The third kappa shape index (κ3) is 3.90. The first-order chi connectivity index (χ1) is 15.2. The summed E-state index contributed by atoms with van der Waals surface area (Å²) in [5.41, 5.74) is 3.88. The molecule has 1 saturated carbocycles. The molecule has 0 saturated heterocycles. The molecule has 2 N–H and O–H groups in total. The van der Waals surface area contributed by atoms with E-state index in [0.717, 1.165) is 43.7 Å². The summed E-state index contributed by atoms with van der Waals surface area (Å²) in [5.74, 6) is 1.54. The molecule has 1 aliphatic carbocycles. The van der Waals surface area contributed by atoms with E-state index in [0.29, 0.717) is 11.8 Å². The minimum absolute atomic E-state index is 0.0280. The third-order valence-electron chi connectivity index (χ3n) is 6.89. The fourth-order valence-corrected chi connectivity index (χ4v) is 5.27. The van der Waals surface area contributed by atoms with Gasteiger partial charge in [0.25, 0.3) is 0 Å². The van der Waals surface area contributed by atoms with Gasteiger partial charge in [0.2, 0.25) is 5.82 Å². The fourth-order valence-electron chi connectivity index (χ4n) is 5.27. The largest absolute Gasteiger partial charge is 0.504 e. The van der Waals surface area contributed by atoms with Crippen LogP contribution in [0, 0.1) is 0 Å². The van der Waals surface area contributed by atoms with Crippen molar-refractivity contribution in [1.82, 2.24) is 20.2 Å². The smallest absolute Gasteiger partial charge is 0.214 e. The van der Waals surface area contributed by atoms with E-state index in [1.807, 2.05) is 12.1 Å². The second-order valence-corrected chi connectivity index (χ2v) is 8.74. The molecule has 0 amide bonds. The Balaban J connectivity index is 1.57. The molecule has 5 rings (SSSR count). The van der Waals surface area contributed by atoms with E-state index in [4.69, 9.17) is 4.74 Å². The Hall–Kier alpha value is -2.93. The van der Waals surface area contributed by atoms with Crippen LogP contribution >= 0.6 is 0 Å². The zero-order valence-corrected chi connectivity index (χ0v) is 18.0. The summed E-state index contributed by atoms with van der Waals surface area (Å²) in [6.07, 6.45) is 7.03. The molecule has 31 heavy (non-hydrogen) atoms. The molecule has 1 aromatic heterocycles. The van der Waals surface area contributed by atoms with Crippen molar-refractivity contribution in [1.29, 1.82) is 0 Å². The first-order valence-electron chi connectivity index (χ1n) is 11.3. The highest BCUT2D eigenvalue weighted by atomic mass is 16.5. The Bertz CT molecular complexity index is 1040. The Morgan fingerprint density at radius 3 is 2.71 bits per heavy atom. The lowest BCUT2D eigenvalue weighted by atomic mass is 9.94. The van der Waals surface area contributed by atoms with Crippen LogP contribution in [0.4, 0.5) is 0 Å².